The summed E-state index contributed by atoms with van der Waals surface area (Å²) >= 11 is 0. The Kier molecular flexibility index (Phi) is 2.74. The van der Waals surface area contributed by atoms with Gasteiger partial charge in [-0.25, -0.2) is 4.98 Å². The summed E-state index contributed by atoms with van der Waals surface area (Å²) in [5, 5.41) is 9.63. The fourth-order valence-electron chi connectivity index (χ4n) is 2.93. The predicted molar refractivity (Wildman–Crippen MR) is 70.7 cm³/mol. The fourth-order valence-corrected chi connectivity index (χ4v) is 2.93. The minimum atomic E-state index is 0.288. The monoisotopic (exact) mass is 245 g/mol. The molecule has 4 nitrogen and oxygen atoms in total. The third-order valence-electron chi connectivity index (χ3n) is 3.80. The number of pyridine rings is 1. The average Bonchev–Trinajstić information content (AvgIpc) is 2.92. The van der Waals surface area contributed by atoms with Crippen LogP contribution in [0.25, 0.3) is 5.52 Å². The number of aromatic nitrogens is 2. The van der Waals surface area contributed by atoms with E-state index in [1.54, 1.807) is 12.3 Å². The van der Waals surface area contributed by atoms with E-state index in [1.807, 2.05) is 16.7 Å². The van der Waals surface area contributed by atoms with Gasteiger partial charge in [0.15, 0.2) is 0 Å². The Labute approximate surface area is 107 Å². The van der Waals surface area contributed by atoms with Gasteiger partial charge in [0.25, 0.3) is 0 Å². The number of fused-ring (bicyclic) bond motifs is 1. The average molecular weight is 245 g/mol. The summed E-state index contributed by atoms with van der Waals surface area (Å²) in [6.07, 6.45) is 6.00. The number of hydrogen-bond acceptors (Lipinski definition) is 3. The number of likely N-dealkylation sites (tertiary alicyclic amines) is 1. The molecule has 1 aliphatic rings. The molecule has 18 heavy (non-hydrogen) atoms. The third-order valence-corrected chi connectivity index (χ3v) is 3.80. The van der Waals surface area contributed by atoms with E-state index in [0.29, 0.717) is 12.1 Å². The molecule has 0 aliphatic carbocycles. The van der Waals surface area contributed by atoms with Gasteiger partial charge in [0, 0.05) is 6.04 Å². The molecule has 0 bridgehead atoms. The first-order valence-electron chi connectivity index (χ1n) is 6.58. The molecule has 1 unspecified atom stereocenters. The van der Waals surface area contributed by atoms with Crippen LogP contribution in [0.3, 0.4) is 0 Å². The van der Waals surface area contributed by atoms with Crippen molar-refractivity contribution in [3.8, 4) is 5.75 Å². The highest BCUT2D eigenvalue weighted by molar-refractivity contribution is 5.48. The molecule has 0 spiro atoms. The van der Waals surface area contributed by atoms with Crippen LogP contribution in [0, 0.1) is 0 Å². The third kappa shape index (κ3) is 1.77. The van der Waals surface area contributed by atoms with Gasteiger partial charge in [0.2, 0.25) is 0 Å². The topological polar surface area (TPSA) is 40.8 Å². The lowest BCUT2D eigenvalue weighted by atomic mass is 10.2. The molecule has 1 fully saturated rings. The predicted octanol–water partition coefficient (Wildman–Crippen LogP) is 2.59. The van der Waals surface area contributed by atoms with Crippen molar-refractivity contribution in [2.45, 2.75) is 38.8 Å². The van der Waals surface area contributed by atoms with Crippen molar-refractivity contribution in [2.75, 3.05) is 6.54 Å². The van der Waals surface area contributed by atoms with E-state index >= 15 is 0 Å². The highest BCUT2D eigenvalue weighted by Gasteiger charge is 2.30. The second-order valence-electron chi connectivity index (χ2n) is 5.29. The number of nitrogens with zero attached hydrogens (tertiary/aromatic N) is 3. The summed E-state index contributed by atoms with van der Waals surface area (Å²) in [7, 11) is 0. The first kappa shape index (κ1) is 11.5. The van der Waals surface area contributed by atoms with Crippen molar-refractivity contribution in [3.63, 3.8) is 0 Å². The Hall–Kier alpha value is -1.55. The molecule has 1 saturated heterocycles. The van der Waals surface area contributed by atoms with Crippen LogP contribution in [-0.2, 0) is 0 Å². The van der Waals surface area contributed by atoms with Gasteiger partial charge in [-0.2, -0.15) is 0 Å². The van der Waals surface area contributed by atoms with Gasteiger partial charge >= 0.3 is 0 Å². The SMILES string of the molecule is CC(C)N1CCCC1c1ncc2ccc(O)cn12. The molecular formula is C14H19N3O. The van der Waals surface area contributed by atoms with E-state index in [9.17, 15) is 5.11 Å². The van der Waals surface area contributed by atoms with E-state index in [0.717, 1.165) is 24.3 Å². The molecule has 0 amide bonds. The number of hydrogen-bond donors (Lipinski definition) is 1. The number of rotatable bonds is 2. The van der Waals surface area contributed by atoms with Crippen LogP contribution in [0.15, 0.2) is 24.5 Å². The Morgan fingerprint density at radius 2 is 2.22 bits per heavy atom. The zero-order chi connectivity index (χ0) is 12.7. The summed E-state index contributed by atoms with van der Waals surface area (Å²) in [5.41, 5.74) is 1.04. The molecule has 2 aromatic heterocycles. The van der Waals surface area contributed by atoms with E-state index < -0.39 is 0 Å². The lowest BCUT2D eigenvalue weighted by Crippen LogP contribution is -2.31. The molecular weight excluding hydrogens is 226 g/mol. The van der Waals surface area contributed by atoms with Crippen molar-refractivity contribution in [2.24, 2.45) is 0 Å². The van der Waals surface area contributed by atoms with E-state index in [4.69, 9.17) is 0 Å². The smallest absolute Gasteiger partial charge is 0.132 e. The zero-order valence-corrected chi connectivity index (χ0v) is 10.9. The number of aromatic hydroxyl groups is 1. The minimum Gasteiger partial charge on any atom is -0.506 e. The standard InChI is InChI=1S/C14H19N3O/c1-10(2)16-7-3-4-13(16)14-15-8-11-5-6-12(18)9-17(11)14/h5-6,8-10,13,18H,3-4,7H2,1-2H3. The summed E-state index contributed by atoms with van der Waals surface area (Å²) in [5.74, 6) is 1.34. The quantitative estimate of drug-likeness (QED) is 0.884. The first-order valence-corrected chi connectivity index (χ1v) is 6.58. The molecule has 1 atom stereocenters. The second-order valence-corrected chi connectivity index (χ2v) is 5.29. The van der Waals surface area contributed by atoms with Gasteiger partial charge in [0.05, 0.1) is 24.0 Å². The van der Waals surface area contributed by atoms with Gasteiger partial charge in [-0.1, -0.05) is 0 Å². The maximum Gasteiger partial charge on any atom is 0.132 e. The van der Waals surface area contributed by atoms with Crippen molar-refractivity contribution < 1.29 is 5.11 Å². The zero-order valence-electron chi connectivity index (χ0n) is 10.9. The van der Waals surface area contributed by atoms with Crippen molar-refractivity contribution in [1.29, 1.82) is 0 Å². The summed E-state index contributed by atoms with van der Waals surface area (Å²) < 4.78 is 2.01. The van der Waals surface area contributed by atoms with Crippen LogP contribution in [0.1, 0.15) is 38.6 Å². The van der Waals surface area contributed by atoms with Crippen LogP contribution in [0.5, 0.6) is 5.75 Å². The molecule has 0 saturated carbocycles. The van der Waals surface area contributed by atoms with Crippen molar-refractivity contribution >= 4 is 5.52 Å². The van der Waals surface area contributed by atoms with Gasteiger partial charge in [0.1, 0.15) is 11.6 Å². The van der Waals surface area contributed by atoms with E-state index in [2.05, 4.69) is 23.7 Å². The van der Waals surface area contributed by atoms with Crippen molar-refractivity contribution in [1.82, 2.24) is 14.3 Å². The maximum absolute atomic E-state index is 9.63. The van der Waals surface area contributed by atoms with Crippen LogP contribution in [-0.4, -0.2) is 32.0 Å². The molecule has 1 N–H and O–H groups in total. The molecule has 3 heterocycles. The van der Waals surface area contributed by atoms with Crippen LogP contribution in [0.4, 0.5) is 0 Å². The normalized spacial score (nSPS) is 21.2. The van der Waals surface area contributed by atoms with E-state index in [1.165, 1.54) is 6.42 Å². The Balaban J connectivity index is 2.06. The second kappa shape index (κ2) is 4.28. The Morgan fingerprint density at radius 1 is 1.39 bits per heavy atom. The molecule has 2 aromatic rings. The Bertz CT molecular complexity index is 561. The maximum atomic E-state index is 9.63. The van der Waals surface area contributed by atoms with Crippen LogP contribution >= 0.6 is 0 Å². The molecule has 96 valence electrons. The summed E-state index contributed by atoms with van der Waals surface area (Å²) in [6, 6.07) is 4.51. The van der Waals surface area contributed by atoms with Crippen molar-refractivity contribution in [3.05, 3.63) is 30.4 Å². The van der Waals surface area contributed by atoms with E-state index in [-0.39, 0.29) is 5.75 Å². The highest BCUT2D eigenvalue weighted by atomic mass is 16.3. The fraction of sp³-hybridized carbons (Fsp3) is 0.500. The highest BCUT2D eigenvalue weighted by Crippen LogP contribution is 2.33. The largest absolute Gasteiger partial charge is 0.506 e. The van der Waals surface area contributed by atoms with Crippen LogP contribution < -0.4 is 0 Å². The molecule has 3 rings (SSSR count). The lowest BCUT2D eigenvalue weighted by molar-refractivity contribution is 0.198. The minimum absolute atomic E-state index is 0.288. The van der Waals surface area contributed by atoms with Gasteiger partial charge < -0.3 is 5.11 Å². The first-order chi connectivity index (χ1) is 8.66. The summed E-state index contributed by atoms with van der Waals surface area (Å²) in [6.45, 7) is 5.59. The Morgan fingerprint density at radius 3 is 3.00 bits per heavy atom. The van der Waals surface area contributed by atoms with Gasteiger partial charge in [-0.15, -0.1) is 0 Å². The van der Waals surface area contributed by atoms with Gasteiger partial charge in [-0.3, -0.25) is 9.30 Å². The molecule has 4 heteroatoms. The summed E-state index contributed by atoms with van der Waals surface area (Å²) in [4.78, 5) is 7.05. The molecule has 0 radical (unpaired) electrons. The lowest BCUT2D eigenvalue weighted by Gasteiger charge is -2.27. The van der Waals surface area contributed by atoms with Gasteiger partial charge in [-0.05, 0) is 45.4 Å². The molecule has 0 aromatic carbocycles. The molecule has 1 aliphatic heterocycles. The number of imidazole rings is 1. The van der Waals surface area contributed by atoms with Crippen LogP contribution in [0.2, 0.25) is 0 Å².